The van der Waals surface area contributed by atoms with Crippen LogP contribution in [0.25, 0.3) is 0 Å². The molecule has 0 fully saturated rings. The molecule has 0 aliphatic carbocycles. The van der Waals surface area contributed by atoms with Crippen LogP contribution in [-0.4, -0.2) is 38.5 Å². The van der Waals surface area contributed by atoms with Crippen molar-refractivity contribution in [3.63, 3.8) is 0 Å². The molecular formula is C15H26N4OS. The quantitative estimate of drug-likeness (QED) is 0.391. The van der Waals surface area contributed by atoms with Crippen LogP contribution in [0.3, 0.4) is 0 Å². The highest BCUT2D eigenvalue weighted by Crippen LogP contribution is 2.07. The molecule has 0 saturated heterocycles. The molecule has 0 radical (unpaired) electrons. The van der Waals surface area contributed by atoms with Gasteiger partial charge in [0.2, 0.25) is 0 Å². The summed E-state index contributed by atoms with van der Waals surface area (Å²) < 4.78 is 0. The molecular weight excluding hydrogens is 284 g/mol. The molecule has 1 rings (SSSR count). The smallest absolute Gasteiger partial charge is 0.261 e. The Balaban J connectivity index is 2.08. The molecule has 1 aromatic rings. The van der Waals surface area contributed by atoms with Crippen molar-refractivity contribution in [2.75, 3.05) is 26.7 Å². The van der Waals surface area contributed by atoms with E-state index in [1.165, 1.54) is 11.3 Å². The number of nitrogens with zero attached hydrogens (tertiary/aromatic N) is 1. The van der Waals surface area contributed by atoms with Crippen LogP contribution < -0.4 is 16.0 Å². The third-order valence-electron chi connectivity index (χ3n) is 2.91. The molecule has 0 aliphatic rings. The Morgan fingerprint density at radius 3 is 2.57 bits per heavy atom. The van der Waals surface area contributed by atoms with Crippen molar-refractivity contribution >= 4 is 23.2 Å². The Morgan fingerprint density at radius 1 is 1.24 bits per heavy atom. The van der Waals surface area contributed by atoms with Gasteiger partial charge in [-0.2, -0.15) is 0 Å². The lowest BCUT2D eigenvalue weighted by Crippen LogP contribution is -2.39. The molecule has 0 aromatic carbocycles. The maximum Gasteiger partial charge on any atom is 0.261 e. The van der Waals surface area contributed by atoms with Crippen molar-refractivity contribution in [3.05, 3.63) is 22.4 Å². The van der Waals surface area contributed by atoms with Gasteiger partial charge in [0.05, 0.1) is 4.88 Å². The molecule has 1 amide bonds. The second kappa shape index (κ2) is 10.2. The molecule has 1 aromatic heterocycles. The zero-order chi connectivity index (χ0) is 15.5. The van der Waals surface area contributed by atoms with Gasteiger partial charge in [-0.3, -0.25) is 9.79 Å². The first kappa shape index (κ1) is 17.5. The fourth-order valence-electron chi connectivity index (χ4n) is 1.69. The SMILES string of the molecule is CN=C(NCCCNC(=O)c1cccs1)NCCC(C)C. The molecule has 0 spiro atoms. The highest BCUT2D eigenvalue weighted by molar-refractivity contribution is 7.12. The summed E-state index contributed by atoms with van der Waals surface area (Å²) in [5, 5.41) is 11.3. The first-order valence-corrected chi connectivity index (χ1v) is 8.27. The molecule has 3 N–H and O–H groups in total. The summed E-state index contributed by atoms with van der Waals surface area (Å²) in [6.07, 6.45) is 1.99. The number of amides is 1. The summed E-state index contributed by atoms with van der Waals surface area (Å²) in [4.78, 5) is 16.6. The standard InChI is InChI=1S/C15H26N4OS/c1-12(2)7-10-19-15(16-3)18-9-5-8-17-14(20)13-6-4-11-21-13/h4,6,11-12H,5,7-10H2,1-3H3,(H,17,20)(H2,16,18,19). The lowest BCUT2D eigenvalue weighted by Gasteiger charge is -2.12. The topological polar surface area (TPSA) is 65.5 Å². The van der Waals surface area contributed by atoms with E-state index in [1.54, 1.807) is 7.05 Å². The van der Waals surface area contributed by atoms with Gasteiger partial charge in [-0.1, -0.05) is 19.9 Å². The predicted octanol–water partition coefficient (Wildman–Crippen LogP) is 2.08. The molecule has 1 heterocycles. The van der Waals surface area contributed by atoms with Crippen LogP contribution in [0.5, 0.6) is 0 Å². The van der Waals surface area contributed by atoms with Gasteiger partial charge in [-0.05, 0) is 30.2 Å². The van der Waals surface area contributed by atoms with E-state index in [9.17, 15) is 4.79 Å². The van der Waals surface area contributed by atoms with Crippen molar-refractivity contribution in [1.29, 1.82) is 0 Å². The molecule has 118 valence electrons. The predicted molar refractivity (Wildman–Crippen MR) is 90.1 cm³/mol. The molecule has 5 nitrogen and oxygen atoms in total. The van der Waals surface area contributed by atoms with E-state index in [4.69, 9.17) is 0 Å². The fraction of sp³-hybridized carbons (Fsp3) is 0.600. The summed E-state index contributed by atoms with van der Waals surface area (Å²) in [5.74, 6) is 1.51. The van der Waals surface area contributed by atoms with Gasteiger partial charge in [0.15, 0.2) is 5.96 Å². The Morgan fingerprint density at radius 2 is 1.95 bits per heavy atom. The fourth-order valence-corrected chi connectivity index (χ4v) is 2.33. The van der Waals surface area contributed by atoms with E-state index in [0.29, 0.717) is 12.5 Å². The maximum atomic E-state index is 11.7. The minimum absolute atomic E-state index is 0.00411. The molecule has 0 atom stereocenters. The lowest BCUT2D eigenvalue weighted by molar-refractivity contribution is 0.0957. The van der Waals surface area contributed by atoms with Crippen molar-refractivity contribution in [2.24, 2.45) is 10.9 Å². The van der Waals surface area contributed by atoms with Crippen LogP contribution in [0.2, 0.25) is 0 Å². The number of guanidine groups is 1. The lowest BCUT2D eigenvalue weighted by atomic mass is 10.1. The number of hydrogen-bond acceptors (Lipinski definition) is 3. The second-order valence-electron chi connectivity index (χ2n) is 5.20. The Kier molecular flexibility index (Phi) is 8.50. The van der Waals surface area contributed by atoms with E-state index in [0.717, 1.165) is 36.8 Å². The molecule has 0 bridgehead atoms. The van der Waals surface area contributed by atoms with Gasteiger partial charge in [-0.25, -0.2) is 0 Å². The minimum Gasteiger partial charge on any atom is -0.356 e. The highest BCUT2D eigenvalue weighted by atomic mass is 32.1. The van der Waals surface area contributed by atoms with Gasteiger partial charge < -0.3 is 16.0 Å². The molecule has 6 heteroatoms. The summed E-state index contributed by atoms with van der Waals surface area (Å²) in [5.41, 5.74) is 0. The van der Waals surface area contributed by atoms with Crippen molar-refractivity contribution < 1.29 is 4.79 Å². The van der Waals surface area contributed by atoms with Crippen molar-refractivity contribution in [3.8, 4) is 0 Å². The maximum absolute atomic E-state index is 11.7. The third-order valence-corrected chi connectivity index (χ3v) is 3.78. The van der Waals surface area contributed by atoms with E-state index in [2.05, 4.69) is 34.8 Å². The van der Waals surface area contributed by atoms with Gasteiger partial charge in [0.1, 0.15) is 0 Å². The molecule has 0 saturated carbocycles. The van der Waals surface area contributed by atoms with E-state index < -0.39 is 0 Å². The summed E-state index contributed by atoms with van der Waals surface area (Å²) in [6.45, 7) is 6.77. The number of carbonyl (C=O) groups is 1. The monoisotopic (exact) mass is 310 g/mol. The van der Waals surface area contributed by atoms with Gasteiger partial charge in [0, 0.05) is 26.7 Å². The second-order valence-corrected chi connectivity index (χ2v) is 6.14. The largest absolute Gasteiger partial charge is 0.356 e. The third kappa shape index (κ3) is 7.70. The Labute approximate surface area is 131 Å². The first-order valence-electron chi connectivity index (χ1n) is 7.39. The number of thiophene rings is 1. The number of nitrogens with one attached hydrogen (secondary N) is 3. The summed E-state index contributed by atoms with van der Waals surface area (Å²) in [6, 6.07) is 3.71. The van der Waals surface area contributed by atoms with Crippen LogP contribution in [0.4, 0.5) is 0 Å². The normalized spacial score (nSPS) is 11.5. The van der Waals surface area contributed by atoms with Gasteiger partial charge >= 0.3 is 0 Å². The van der Waals surface area contributed by atoms with E-state index >= 15 is 0 Å². The van der Waals surface area contributed by atoms with Crippen LogP contribution >= 0.6 is 11.3 Å². The van der Waals surface area contributed by atoms with Crippen LogP contribution in [0.1, 0.15) is 36.4 Å². The van der Waals surface area contributed by atoms with E-state index in [-0.39, 0.29) is 5.91 Å². The summed E-state index contributed by atoms with van der Waals surface area (Å²) in [7, 11) is 1.77. The number of aliphatic imine (C=N–C) groups is 1. The highest BCUT2D eigenvalue weighted by Gasteiger charge is 2.04. The Hall–Kier alpha value is -1.56. The Bertz CT molecular complexity index is 429. The number of rotatable bonds is 8. The molecule has 0 unspecified atom stereocenters. The van der Waals surface area contributed by atoms with Crippen molar-refractivity contribution in [2.45, 2.75) is 26.7 Å². The summed E-state index contributed by atoms with van der Waals surface area (Å²) >= 11 is 1.46. The van der Waals surface area contributed by atoms with Gasteiger partial charge in [0.25, 0.3) is 5.91 Å². The number of carbonyl (C=O) groups excluding carboxylic acids is 1. The van der Waals surface area contributed by atoms with Crippen LogP contribution in [0.15, 0.2) is 22.5 Å². The van der Waals surface area contributed by atoms with Crippen LogP contribution in [-0.2, 0) is 0 Å². The average molecular weight is 310 g/mol. The average Bonchev–Trinajstić information content (AvgIpc) is 2.98. The zero-order valence-corrected chi connectivity index (χ0v) is 13.9. The number of hydrogen-bond donors (Lipinski definition) is 3. The van der Waals surface area contributed by atoms with Gasteiger partial charge in [-0.15, -0.1) is 11.3 Å². The molecule has 0 aliphatic heterocycles. The van der Waals surface area contributed by atoms with Crippen molar-refractivity contribution in [1.82, 2.24) is 16.0 Å². The van der Waals surface area contributed by atoms with Crippen LogP contribution in [0, 0.1) is 5.92 Å². The minimum atomic E-state index is 0.00411. The molecule has 21 heavy (non-hydrogen) atoms. The first-order chi connectivity index (χ1) is 10.1. The van der Waals surface area contributed by atoms with E-state index in [1.807, 2.05) is 17.5 Å². The zero-order valence-electron chi connectivity index (χ0n) is 13.1.